The monoisotopic (exact) mass is 476 g/mol. The van der Waals surface area contributed by atoms with Crippen molar-refractivity contribution in [2.75, 3.05) is 29.9 Å². The maximum absolute atomic E-state index is 13.9. The number of carbonyl (C=O) groups excluding carboxylic acids is 1. The first-order valence-electron chi connectivity index (χ1n) is 10.4. The first kappa shape index (κ1) is 23.4. The van der Waals surface area contributed by atoms with Gasteiger partial charge in [-0.25, -0.2) is 9.37 Å². The molecule has 0 aliphatic carbocycles. The van der Waals surface area contributed by atoms with E-state index in [4.69, 9.17) is 0 Å². The Balaban J connectivity index is 1.59. The molecule has 0 spiro atoms. The zero-order chi connectivity index (χ0) is 24.3. The minimum atomic E-state index is -4.81. The van der Waals surface area contributed by atoms with E-state index in [0.717, 1.165) is 24.8 Å². The molecule has 11 heteroatoms. The fourth-order valence-electron chi connectivity index (χ4n) is 3.72. The largest absolute Gasteiger partial charge is 0.573 e. The average Bonchev–Trinajstić information content (AvgIpc) is 3.28. The second-order valence-corrected chi connectivity index (χ2v) is 7.80. The van der Waals surface area contributed by atoms with Crippen LogP contribution in [0.3, 0.4) is 0 Å². The highest BCUT2D eigenvalue weighted by atomic mass is 19.4. The van der Waals surface area contributed by atoms with Gasteiger partial charge in [0.25, 0.3) is 5.91 Å². The molecule has 1 aliphatic rings. The molecule has 1 atom stereocenters. The first-order chi connectivity index (χ1) is 16.2. The van der Waals surface area contributed by atoms with Gasteiger partial charge in [-0.3, -0.25) is 9.78 Å². The number of ether oxygens (including phenoxy) is 1. The molecule has 2 aromatic heterocycles. The normalized spacial score (nSPS) is 15.9. The van der Waals surface area contributed by atoms with Gasteiger partial charge in [-0.2, -0.15) is 0 Å². The Hall–Kier alpha value is -3.73. The number of anilines is 2. The molecule has 178 valence electrons. The van der Waals surface area contributed by atoms with Crippen molar-refractivity contribution in [3.63, 3.8) is 0 Å². The van der Waals surface area contributed by atoms with Crippen molar-refractivity contribution >= 4 is 17.4 Å². The molecule has 7 nitrogen and oxygen atoms in total. The first-order valence-corrected chi connectivity index (χ1v) is 10.4. The number of halogens is 4. The number of carbonyl (C=O) groups is 1. The number of nitrogens with zero attached hydrogens (tertiary/aromatic N) is 3. The van der Waals surface area contributed by atoms with Gasteiger partial charge in [0.05, 0.1) is 11.8 Å². The molecule has 1 saturated heterocycles. The number of amides is 1. The summed E-state index contributed by atoms with van der Waals surface area (Å²) < 4.78 is 54.6. The second kappa shape index (κ2) is 9.64. The predicted molar refractivity (Wildman–Crippen MR) is 116 cm³/mol. The van der Waals surface area contributed by atoms with Crippen LogP contribution in [-0.4, -0.2) is 47.0 Å². The van der Waals surface area contributed by atoms with E-state index >= 15 is 0 Å². The van der Waals surface area contributed by atoms with Crippen molar-refractivity contribution in [2.45, 2.75) is 12.8 Å². The quantitative estimate of drug-likeness (QED) is 0.518. The highest BCUT2D eigenvalue weighted by molar-refractivity contribution is 6.05. The van der Waals surface area contributed by atoms with Crippen LogP contribution in [0.4, 0.5) is 29.1 Å². The Morgan fingerprint density at radius 3 is 2.59 bits per heavy atom. The van der Waals surface area contributed by atoms with Crippen LogP contribution in [0.15, 0.2) is 55.0 Å². The van der Waals surface area contributed by atoms with Crippen LogP contribution in [0.1, 0.15) is 16.8 Å². The lowest BCUT2D eigenvalue weighted by Crippen LogP contribution is -2.23. The molecule has 1 aliphatic heterocycles. The van der Waals surface area contributed by atoms with Gasteiger partial charge >= 0.3 is 6.36 Å². The molecule has 3 aromatic rings. The van der Waals surface area contributed by atoms with Crippen molar-refractivity contribution in [3.05, 3.63) is 66.4 Å². The number of benzene rings is 1. The third-order valence-corrected chi connectivity index (χ3v) is 5.33. The molecule has 3 heterocycles. The van der Waals surface area contributed by atoms with E-state index in [1.165, 1.54) is 30.6 Å². The van der Waals surface area contributed by atoms with E-state index in [0.29, 0.717) is 30.0 Å². The SMILES string of the molecule is O=C(Nc1ccc(OC(F)(F)F)cc1)c1cnc(N2CCC(CO)C2)c(-c2cncc(F)c2)c1. The summed E-state index contributed by atoms with van der Waals surface area (Å²) in [6.07, 6.45) is -0.141. The molecule has 1 unspecified atom stereocenters. The standard InChI is InChI=1S/C23H20F4N4O3/c24-17-7-15(9-28-11-17)20-8-16(10-29-21(20)31-6-5-14(12-31)13-32)22(33)30-18-1-3-19(4-2-18)34-23(25,26)27/h1-4,7-11,14,32H,5-6,12-13H2,(H,30,33). The molecule has 34 heavy (non-hydrogen) atoms. The van der Waals surface area contributed by atoms with Crippen molar-refractivity contribution < 1.29 is 32.2 Å². The van der Waals surface area contributed by atoms with Gasteiger partial charge in [0.1, 0.15) is 17.4 Å². The number of hydrogen-bond donors (Lipinski definition) is 2. The van der Waals surface area contributed by atoms with Gasteiger partial charge in [-0.15, -0.1) is 13.2 Å². The summed E-state index contributed by atoms with van der Waals surface area (Å²) in [5.74, 6) is -0.886. The fourth-order valence-corrected chi connectivity index (χ4v) is 3.72. The van der Waals surface area contributed by atoms with Crippen LogP contribution >= 0.6 is 0 Å². The maximum Gasteiger partial charge on any atom is 0.573 e. The van der Waals surface area contributed by atoms with Crippen molar-refractivity contribution in [2.24, 2.45) is 5.92 Å². The van der Waals surface area contributed by atoms with Gasteiger partial charge in [-0.05, 0) is 42.8 Å². The van der Waals surface area contributed by atoms with Gasteiger partial charge < -0.3 is 20.1 Å². The van der Waals surface area contributed by atoms with Crippen LogP contribution in [0.2, 0.25) is 0 Å². The Kier molecular flexibility index (Phi) is 6.64. The average molecular weight is 476 g/mol. The Morgan fingerprint density at radius 1 is 1.18 bits per heavy atom. The molecule has 1 aromatic carbocycles. The molecule has 0 bridgehead atoms. The van der Waals surface area contributed by atoms with Gasteiger partial charge in [0.15, 0.2) is 0 Å². The van der Waals surface area contributed by atoms with E-state index in [1.807, 2.05) is 4.90 Å². The van der Waals surface area contributed by atoms with Crippen LogP contribution < -0.4 is 15.0 Å². The lowest BCUT2D eigenvalue weighted by Gasteiger charge is -2.21. The van der Waals surface area contributed by atoms with E-state index < -0.39 is 23.8 Å². The number of rotatable bonds is 6. The highest BCUT2D eigenvalue weighted by Gasteiger charge is 2.31. The maximum atomic E-state index is 13.9. The smallest absolute Gasteiger partial charge is 0.406 e. The summed E-state index contributed by atoms with van der Waals surface area (Å²) in [5.41, 5.74) is 1.34. The minimum absolute atomic E-state index is 0.0423. The van der Waals surface area contributed by atoms with Crippen LogP contribution in [-0.2, 0) is 0 Å². The molecule has 2 N–H and O–H groups in total. The van der Waals surface area contributed by atoms with Gasteiger partial charge in [0, 0.05) is 54.8 Å². The molecule has 1 fully saturated rings. The highest BCUT2D eigenvalue weighted by Crippen LogP contribution is 2.33. The zero-order valence-electron chi connectivity index (χ0n) is 17.7. The number of alkyl halides is 3. The summed E-state index contributed by atoms with van der Waals surface area (Å²) in [7, 11) is 0. The number of nitrogens with one attached hydrogen (secondary N) is 1. The van der Waals surface area contributed by atoms with E-state index in [1.54, 1.807) is 6.07 Å². The van der Waals surface area contributed by atoms with E-state index in [2.05, 4.69) is 20.0 Å². The Bertz CT molecular complexity index is 1170. The number of pyridine rings is 2. The summed E-state index contributed by atoms with van der Waals surface area (Å²) >= 11 is 0. The van der Waals surface area contributed by atoms with Gasteiger partial charge in [-0.1, -0.05) is 0 Å². The van der Waals surface area contributed by atoms with Crippen molar-refractivity contribution in [1.29, 1.82) is 0 Å². The van der Waals surface area contributed by atoms with Crippen molar-refractivity contribution in [1.82, 2.24) is 9.97 Å². The fraction of sp³-hybridized carbons (Fsp3) is 0.261. The number of hydrogen-bond acceptors (Lipinski definition) is 6. The molecule has 0 radical (unpaired) electrons. The Morgan fingerprint density at radius 2 is 1.94 bits per heavy atom. The summed E-state index contributed by atoms with van der Waals surface area (Å²) in [4.78, 5) is 23.1. The topological polar surface area (TPSA) is 87.6 Å². The van der Waals surface area contributed by atoms with E-state index in [-0.39, 0.29) is 23.8 Å². The third kappa shape index (κ3) is 5.60. The lowest BCUT2D eigenvalue weighted by molar-refractivity contribution is -0.274. The Labute approximate surface area is 192 Å². The van der Waals surface area contributed by atoms with E-state index in [9.17, 15) is 27.5 Å². The zero-order valence-corrected chi connectivity index (χ0v) is 17.7. The minimum Gasteiger partial charge on any atom is -0.406 e. The molecular weight excluding hydrogens is 456 g/mol. The second-order valence-electron chi connectivity index (χ2n) is 7.80. The molecule has 4 rings (SSSR count). The summed E-state index contributed by atoms with van der Waals surface area (Å²) in [5, 5.41) is 12.1. The van der Waals surface area contributed by atoms with Crippen molar-refractivity contribution in [3.8, 4) is 16.9 Å². The molecular formula is C23H20F4N4O3. The lowest BCUT2D eigenvalue weighted by atomic mass is 10.1. The molecule has 1 amide bonds. The summed E-state index contributed by atoms with van der Waals surface area (Å²) in [6, 6.07) is 7.56. The predicted octanol–water partition coefficient (Wildman–Crippen LogP) is 4.25. The van der Waals surface area contributed by atoms with Crippen LogP contribution in [0, 0.1) is 11.7 Å². The molecule has 0 saturated carbocycles. The third-order valence-electron chi connectivity index (χ3n) is 5.33. The number of aliphatic hydroxyl groups is 1. The number of aromatic nitrogens is 2. The van der Waals surface area contributed by atoms with Gasteiger partial charge in [0.2, 0.25) is 0 Å². The van der Waals surface area contributed by atoms with Crippen LogP contribution in [0.5, 0.6) is 5.75 Å². The van der Waals surface area contributed by atoms with Crippen LogP contribution in [0.25, 0.3) is 11.1 Å². The summed E-state index contributed by atoms with van der Waals surface area (Å²) in [6.45, 7) is 1.25. The number of aliphatic hydroxyl groups excluding tert-OH is 1.